The number of carboxylic acid groups (broad SMARTS) is 1. The lowest BCUT2D eigenvalue weighted by molar-refractivity contribution is -0.305. The number of carbonyl (C=O) groups excluding carboxylic acids is 1. The minimum absolute atomic E-state index is 0.00544. The van der Waals surface area contributed by atoms with Crippen LogP contribution in [0.1, 0.15) is 37.6 Å². The molecule has 0 aliphatic carbocycles. The van der Waals surface area contributed by atoms with Crippen LogP contribution in [0.4, 0.5) is 5.13 Å². The number of aliphatic carboxylic acids is 1. The van der Waals surface area contributed by atoms with Crippen molar-refractivity contribution in [2.24, 2.45) is 0 Å². The lowest BCUT2D eigenvalue weighted by atomic mass is 10.1. The van der Waals surface area contributed by atoms with Gasteiger partial charge in [-0.25, -0.2) is 4.98 Å². The molecule has 0 unspecified atom stereocenters. The van der Waals surface area contributed by atoms with E-state index in [1.54, 1.807) is 7.11 Å². The second-order valence-corrected chi connectivity index (χ2v) is 6.21. The molecule has 130 valence electrons. The average Bonchev–Trinajstić information content (AvgIpc) is 3.03. The second-order valence-electron chi connectivity index (χ2n) is 5.48. The molecule has 1 aromatic heterocycles. The van der Waals surface area contributed by atoms with E-state index in [4.69, 9.17) is 4.74 Å². The molecule has 2 rings (SSSR count). The third kappa shape index (κ3) is 5.49. The van der Waals surface area contributed by atoms with Crippen LogP contribution in [0.5, 0.6) is 5.75 Å². The molecule has 0 bridgehead atoms. The van der Waals surface area contributed by atoms with Crippen molar-refractivity contribution < 1.29 is 14.6 Å². The predicted octanol–water partition coefficient (Wildman–Crippen LogP) is 1.88. The molecule has 6 nitrogen and oxygen atoms in total. The van der Waals surface area contributed by atoms with Gasteiger partial charge in [0.15, 0.2) is 0 Å². The zero-order valence-corrected chi connectivity index (χ0v) is 14.8. The highest BCUT2D eigenvalue weighted by Crippen LogP contribution is 2.21. The predicted molar refractivity (Wildman–Crippen MR) is 92.5 cm³/mol. The minimum Gasteiger partial charge on any atom is -0.550 e. The summed E-state index contributed by atoms with van der Waals surface area (Å²) in [6.45, 7) is 3.28. The summed E-state index contributed by atoms with van der Waals surface area (Å²) in [6.07, 6.45) is 2.64. The Bertz CT molecular complexity index is 660. The van der Waals surface area contributed by atoms with Gasteiger partial charge in [-0.3, -0.25) is 0 Å². The van der Waals surface area contributed by atoms with Gasteiger partial charge in [0, 0.05) is 43.4 Å². The molecule has 0 amide bonds. The number of rotatable bonds is 10. The smallest absolute Gasteiger partial charge is 0.205 e. The molecule has 7 heteroatoms. The molecule has 0 aliphatic heterocycles. The van der Waals surface area contributed by atoms with Gasteiger partial charge in [-0.05, 0) is 24.1 Å². The van der Waals surface area contributed by atoms with Gasteiger partial charge < -0.3 is 19.5 Å². The van der Waals surface area contributed by atoms with Gasteiger partial charge in [0.2, 0.25) is 5.13 Å². The van der Waals surface area contributed by atoms with E-state index in [2.05, 4.69) is 16.3 Å². The number of ether oxygens (including phenoxy) is 1. The molecule has 0 atom stereocenters. The van der Waals surface area contributed by atoms with E-state index in [9.17, 15) is 9.90 Å². The Kier molecular flexibility index (Phi) is 6.99. The van der Waals surface area contributed by atoms with E-state index in [-0.39, 0.29) is 6.42 Å². The van der Waals surface area contributed by atoms with Crippen LogP contribution in [-0.2, 0) is 11.2 Å². The number of unbranched alkanes of at least 4 members (excludes halogenated alkanes) is 1. The number of methoxy groups -OCH3 is 1. The first-order valence-electron chi connectivity index (χ1n) is 8.02. The van der Waals surface area contributed by atoms with Gasteiger partial charge in [0.25, 0.3) is 0 Å². The molecule has 24 heavy (non-hydrogen) atoms. The van der Waals surface area contributed by atoms with E-state index < -0.39 is 5.97 Å². The highest BCUT2D eigenvalue weighted by Gasteiger charge is 2.13. The summed E-state index contributed by atoms with van der Waals surface area (Å²) >= 11 is 1.31. The summed E-state index contributed by atoms with van der Waals surface area (Å²) in [4.78, 5) is 17.3. The molecular formula is C17H22N3O3S-. The van der Waals surface area contributed by atoms with Crippen molar-refractivity contribution in [2.45, 2.75) is 32.6 Å². The van der Waals surface area contributed by atoms with E-state index in [1.165, 1.54) is 11.5 Å². The fourth-order valence-corrected chi connectivity index (χ4v) is 3.02. The van der Waals surface area contributed by atoms with Crippen molar-refractivity contribution in [1.82, 2.24) is 9.36 Å². The number of anilines is 1. The first-order valence-corrected chi connectivity index (χ1v) is 8.80. The Balaban J connectivity index is 2.06. The topological polar surface area (TPSA) is 78.4 Å². The summed E-state index contributed by atoms with van der Waals surface area (Å²) in [5.41, 5.74) is 1.08. The lowest BCUT2D eigenvalue weighted by Gasteiger charge is -2.21. The number of carbonyl (C=O) groups is 1. The van der Waals surface area contributed by atoms with Crippen LogP contribution in [-0.4, -0.2) is 35.5 Å². The van der Waals surface area contributed by atoms with Crippen LogP contribution in [0.15, 0.2) is 24.3 Å². The van der Waals surface area contributed by atoms with Crippen molar-refractivity contribution in [3.63, 3.8) is 0 Å². The molecule has 1 heterocycles. The van der Waals surface area contributed by atoms with Gasteiger partial charge in [0.05, 0.1) is 7.11 Å². The first-order chi connectivity index (χ1) is 11.6. The van der Waals surface area contributed by atoms with E-state index in [0.29, 0.717) is 13.0 Å². The number of hydrogen-bond donors (Lipinski definition) is 0. The Morgan fingerprint density at radius 1 is 1.38 bits per heavy atom. The maximum Gasteiger partial charge on any atom is 0.205 e. The Morgan fingerprint density at radius 3 is 2.92 bits per heavy atom. The highest BCUT2D eigenvalue weighted by molar-refractivity contribution is 7.09. The Hall–Kier alpha value is -2.15. The number of aromatic nitrogens is 2. The van der Waals surface area contributed by atoms with Gasteiger partial charge >= 0.3 is 0 Å². The van der Waals surface area contributed by atoms with Gasteiger partial charge in [-0.15, -0.1) is 0 Å². The van der Waals surface area contributed by atoms with E-state index in [0.717, 1.165) is 41.7 Å². The maximum atomic E-state index is 10.7. The first kappa shape index (κ1) is 18.2. The number of benzene rings is 1. The quantitative estimate of drug-likeness (QED) is 0.652. The van der Waals surface area contributed by atoms with Gasteiger partial charge in [0.1, 0.15) is 11.6 Å². The van der Waals surface area contributed by atoms with Crippen LogP contribution < -0.4 is 14.7 Å². The fraction of sp³-hybridized carbons (Fsp3) is 0.471. The molecule has 0 N–H and O–H groups in total. The SMILES string of the molecule is CCCCN(CCC(=O)[O-])c1nc(Cc2cccc(OC)c2)ns1. The zero-order valence-electron chi connectivity index (χ0n) is 14.0. The number of hydrogen-bond acceptors (Lipinski definition) is 7. The Morgan fingerprint density at radius 2 is 2.21 bits per heavy atom. The zero-order chi connectivity index (χ0) is 17.4. The molecule has 2 aromatic rings. The molecule has 1 aromatic carbocycles. The summed E-state index contributed by atoms with van der Waals surface area (Å²) in [5, 5.41) is 11.5. The molecule has 0 saturated heterocycles. The maximum absolute atomic E-state index is 10.7. The molecule has 0 fully saturated rings. The third-order valence-corrected chi connectivity index (χ3v) is 4.41. The van der Waals surface area contributed by atoms with Crippen molar-refractivity contribution in [3.05, 3.63) is 35.7 Å². The number of nitrogens with zero attached hydrogens (tertiary/aromatic N) is 3. The summed E-state index contributed by atoms with van der Waals surface area (Å²) < 4.78 is 9.63. The fourth-order valence-electron chi connectivity index (χ4n) is 2.29. The van der Waals surface area contributed by atoms with Crippen molar-refractivity contribution in [2.75, 3.05) is 25.1 Å². The van der Waals surface area contributed by atoms with Crippen LogP contribution in [0.25, 0.3) is 0 Å². The standard InChI is InChI=1S/C17H23N3O3S/c1-3-4-9-20(10-8-16(21)22)17-18-15(19-24-17)12-13-6-5-7-14(11-13)23-2/h5-7,11H,3-4,8-10,12H2,1-2H3,(H,21,22)/p-1. The lowest BCUT2D eigenvalue weighted by Crippen LogP contribution is -2.31. The van der Waals surface area contributed by atoms with Crippen LogP contribution in [0, 0.1) is 0 Å². The van der Waals surface area contributed by atoms with E-state index >= 15 is 0 Å². The van der Waals surface area contributed by atoms with Gasteiger partial charge in [-0.1, -0.05) is 25.5 Å². The van der Waals surface area contributed by atoms with Crippen molar-refractivity contribution in [1.29, 1.82) is 0 Å². The van der Waals surface area contributed by atoms with Crippen molar-refractivity contribution in [3.8, 4) is 5.75 Å². The van der Waals surface area contributed by atoms with Crippen molar-refractivity contribution >= 4 is 22.6 Å². The van der Waals surface area contributed by atoms with Crippen LogP contribution >= 0.6 is 11.5 Å². The summed E-state index contributed by atoms with van der Waals surface area (Å²) in [5.74, 6) is 0.498. The highest BCUT2D eigenvalue weighted by atomic mass is 32.1. The van der Waals surface area contributed by atoms with Crippen LogP contribution in [0.2, 0.25) is 0 Å². The number of carboxylic acids is 1. The summed E-state index contributed by atoms with van der Waals surface area (Å²) in [7, 11) is 1.64. The molecule has 0 aliphatic rings. The monoisotopic (exact) mass is 348 g/mol. The summed E-state index contributed by atoms with van der Waals surface area (Å²) in [6, 6.07) is 7.81. The normalized spacial score (nSPS) is 10.6. The average molecular weight is 348 g/mol. The Labute approximate surface area is 146 Å². The molecule has 0 spiro atoms. The van der Waals surface area contributed by atoms with E-state index in [1.807, 2.05) is 29.2 Å². The van der Waals surface area contributed by atoms with Crippen LogP contribution in [0.3, 0.4) is 0 Å². The minimum atomic E-state index is -1.04. The second kappa shape index (κ2) is 9.22. The third-order valence-electron chi connectivity index (χ3n) is 3.59. The molecule has 0 saturated carbocycles. The van der Waals surface area contributed by atoms with Gasteiger partial charge in [-0.2, -0.15) is 4.37 Å². The molecular weight excluding hydrogens is 326 g/mol. The molecule has 0 radical (unpaired) electrons. The largest absolute Gasteiger partial charge is 0.550 e.